The molecule has 0 radical (unpaired) electrons. The van der Waals surface area contributed by atoms with Crippen molar-refractivity contribution in [2.24, 2.45) is 17.6 Å². The zero-order valence-electron chi connectivity index (χ0n) is 18.2. The maximum atomic E-state index is 13.1. The summed E-state index contributed by atoms with van der Waals surface area (Å²) < 4.78 is 0. The van der Waals surface area contributed by atoms with E-state index < -0.39 is 29.6 Å². The van der Waals surface area contributed by atoms with E-state index in [1.54, 1.807) is 0 Å². The van der Waals surface area contributed by atoms with Gasteiger partial charge in [-0.1, -0.05) is 42.3 Å². The van der Waals surface area contributed by atoms with Gasteiger partial charge in [0.15, 0.2) is 0 Å². The number of aliphatic carboxylic acids is 1. The molecule has 31 heavy (non-hydrogen) atoms. The first-order valence-corrected chi connectivity index (χ1v) is 11.2. The summed E-state index contributed by atoms with van der Waals surface area (Å²) in [6.45, 7) is 7.79. The summed E-state index contributed by atoms with van der Waals surface area (Å²) in [7, 11) is 0. The third kappa shape index (κ3) is 4.56. The highest BCUT2D eigenvalue weighted by molar-refractivity contribution is 7.17. The standard InChI is InChI=1S/C24H28N2O4S/c1-5-15-6-8-16(9-7-15)19-14(4)31-23(20(19)21(25)27)26-22(28)17-10-12(2)13(3)11-18(17)24(29)30/h6-9,17-18H,5,10-11H2,1-4H3,(H2,25,27)(H,26,28)(H,29,30)/t17-,18+/m1/s1. The van der Waals surface area contributed by atoms with Crippen LogP contribution in [0.4, 0.5) is 5.00 Å². The van der Waals surface area contributed by atoms with E-state index in [1.807, 2.05) is 45.0 Å². The molecule has 1 aliphatic carbocycles. The minimum Gasteiger partial charge on any atom is -0.481 e. The van der Waals surface area contributed by atoms with Gasteiger partial charge >= 0.3 is 5.97 Å². The summed E-state index contributed by atoms with van der Waals surface area (Å²) in [6, 6.07) is 7.91. The second-order valence-corrected chi connectivity index (χ2v) is 9.39. The fraction of sp³-hybridized carbons (Fsp3) is 0.375. The third-order valence-corrected chi connectivity index (χ3v) is 7.16. The molecule has 1 aromatic carbocycles. The third-order valence-electron chi connectivity index (χ3n) is 6.14. The van der Waals surface area contributed by atoms with Crippen molar-refractivity contribution >= 4 is 34.1 Å². The van der Waals surface area contributed by atoms with E-state index in [4.69, 9.17) is 5.73 Å². The summed E-state index contributed by atoms with van der Waals surface area (Å²) >= 11 is 1.29. The van der Waals surface area contributed by atoms with Gasteiger partial charge in [-0.2, -0.15) is 0 Å². The van der Waals surface area contributed by atoms with E-state index in [-0.39, 0.29) is 5.56 Å². The van der Waals surface area contributed by atoms with Crippen molar-refractivity contribution in [3.8, 4) is 11.1 Å². The molecule has 0 saturated heterocycles. The van der Waals surface area contributed by atoms with Crippen molar-refractivity contribution in [2.75, 3.05) is 5.32 Å². The molecule has 2 atom stereocenters. The minimum absolute atomic E-state index is 0.270. The molecule has 1 aliphatic rings. The molecule has 2 aromatic rings. The van der Waals surface area contributed by atoms with E-state index in [9.17, 15) is 19.5 Å². The molecule has 1 heterocycles. The number of aryl methyl sites for hydroxylation is 2. The molecular weight excluding hydrogens is 412 g/mol. The van der Waals surface area contributed by atoms with Crippen LogP contribution in [-0.4, -0.2) is 22.9 Å². The SMILES string of the molecule is CCc1ccc(-c2c(C)sc(NC(=O)[C@@H]3CC(C)=C(C)C[C@@H]3C(=O)O)c2C(N)=O)cc1. The van der Waals surface area contributed by atoms with Crippen molar-refractivity contribution < 1.29 is 19.5 Å². The Bertz CT molecular complexity index is 1070. The predicted molar refractivity (Wildman–Crippen MR) is 123 cm³/mol. The molecule has 1 aromatic heterocycles. The Balaban J connectivity index is 1.97. The van der Waals surface area contributed by atoms with Crippen LogP contribution in [0.15, 0.2) is 35.4 Å². The molecule has 0 bridgehead atoms. The molecule has 0 fully saturated rings. The number of primary amides is 1. The van der Waals surface area contributed by atoms with Gasteiger partial charge in [-0.25, -0.2) is 0 Å². The number of anilines is 1. The van der Waals surface area contributed by atoms with Gasteiger partial charge in [-0.3, -0.25) is 14.4 Å². The zero-order valence-corrected chi connectivity index (χ0v) is 19.1. The van der Waals surface area contributed by atoms with Crippen molar-refractivity contribution in [2.45, 2.75) is 47.0 Å². The van der Waals surface area contributed by atoms with Crippen LogP contribution in [0.2, 0.25) is 0 Å². The van der Waals surface area contributed by atoms with Gasteiger partial charge in [0.2, 0.25) is 5.91 Å². The van der Waals surface area contributed by atoms with Crippen LogP contribution < -0.4 is 11.1 Å². The average molecular weight is 441 g/mol. The first-order valence-electron chi connectivity index (χ1n) is 10.3. The molecular formula is C24H28N2O4S. The van der Waals surface area contributed by atoms with E-state index in [0.717, 1.165) is 28.0 Å². The van der Waals surface area contributed by atoms with Crippen LogP contribution in [0, 0.1) is 18.8 Å². The number of amides is 2. The molecule has 0 saturated carbocycles. The van der Waals surface area contributed by atoms with Crippen molar-refractivity contribution in [3.05, 3.63) is 51.4 Å². The Morgan fingerprint density at radius 1 is 1.06 bits per heavy atom. The zero-order chi connectivity index (χ0) is 22.9. The average Bonchev–Trinajstić information content (AvgIpc) is 3.05. The van der Waals surface area contributed by atoms with Gasteiger partial charge in [0.25, 0.3) is 5.91 Å². The van der Waals surface area contributed by atoms with Gasteiger partial charge in [-0.05, 0) is 51.2 Å². The van der Waals surface area contributed by atoms with Crippen LogP contribution in [0.3, 0.4) is 0 Å². The number of carbonyl (C=O) groups is 3. The van der Waals surface area contributed by atoms with Gasteiger partial charge in [0, 0.05) is 10.4 Å². The van der Waals surface area contributed by atoms with Gasteiger partial charge in [0.05, 0.1) is 17.4 Å². The number of nitrogens with two attached hydrogens (primary N) is 1. The van der Waals surface area contributed by atoms with E-state index in [1.165, 1.54) is 16.9 Å². The molecule has 2 amide bonds. The highest BCUT2D eigenvalue weighted by atomic mass is 32.1. The lowest BCUT2D eigenvalue weighted by atomic mass is 9.76. The summed E-state index contributed by atoms with van der Waals surface area (Å²) in [5.41, 5.74) is 10.8. The smallest absolute Gasteiger partial charge is 0.307 e. The number of carboxylic acids is 1. The first-order chi connectivity index (χ1) is 14.6. The Hall–Kier alpha value is -2.93. The van der Waals surface area contributed by atoms with Gasteiger partial charge in [-0.15, -0.1) is 11.3 Å². The second-order valence-electron chi connectivity index (χ2n) is 8.16. The van der Waals surface area contributed by atoms with Crippen LogP contribution in [0.1, 0.15) is 54.4 Å². The van der Waals surface area contributed by atoms with Crippen LogP contribution in [0.5, 0.6) is 0 Å². The maximum Gasteiger partial charge on any atom is 0.307 e. The lowest BCUT2D eigenvalue weighted by Gasteiger charge is -2.29. The second kappa shape index (κ2) is 9.06. The van der Waals surface area contributed by atoms with Gasteiger partial charge < -0.3 is 16.2 Å². The first kappa shape index (κ1) is 22.7. The molecule has 7 heteroatoms. The van der Waals surface area contributed by atoms with Crippen molar-refractivity contribution in [3.63, 3.8) is 0 Å². The summed E-state index contributed by atoms with van der Waals surface area (Å²) in [5, 5.41) is 12.8. The molecule has 0 spiro atoms. The highest BCUT2D eigenvalue weighted by Gasteiger charge is 2.38. The van der Waals surface area contributed by atoms with E-state index in [0.29, 0.717) is 23.4 Å². The molecule has 6 nitrogen and oxygen atoms in total. The number of benzene rings is 1. The van der Waals surface area contributed by atoms with E-state index in [2.05, 4.69) is 12.2 Å². The van der Waals surface area contributed by atoms with Crippen LogP contribution in [-0.2, 0) is 16.0 Å². The molecule has 164 valence electrons. The fourth-order valence-corrected chi connectivity index (χ4v) is 5.24. The number of hydrogen-bond acceptors (Lipinski definition) is 4. The molecule has 3 rings (SSSR count). The van der Waals surface area contributed by atoms with Crippen molar-refractivity contribution in [1.82, 2.24) is 0 Å². The number of thiophene rings is 1. The van der Waals surface area contributed by atoms with Crippen LogP contribution >= 0.6 is 11.3 Å². The van der Waals surface area contributed by atoms with Crippen molar-refractivity contribution in [1.29, 1.82) is 0 Å². The van der Waals surface area contributed by atoms with E-state index >= 15 is 0 Å². The van der Waals surface area contributed by atoms with Crippen LogP contribution in [0.25, 0.3) is 11.1 Å². The Morgan fingerprint density at radius 3 is 2.16 bits per heavy atom. The Morgan fingerprint density at radius 2 is 1.65 bits per heavy atom. The Kier molecular flexibility index (Phi) is 6.65. The topological polar surface area (TPSA) is 109 Å². The lowest BCUT2D eigenvalue weighted by Crippen LogP contribution is -2.36. The number of allylic oxidation sites excluding steroid dienone is 2. The molecule has 4 N–H and O–H groups in total. The number of rotatable bonds is 6. The molecule has 0 aliphatic heterocycles. The fourth-order valence-electron chi connectivity index (χ4n) is 4.15. The van der Waals surface area contributed by atoms with Gasteiger partial charge in [0.1, 0.15) is 5.00 Å². The monoisotopic (exact) mass is 440 g/mol. The predicted octanol–water partition coefficient (Wildman–Crippen LogP) is 4.77. The summed E-state index contributed by atoms with van der Waals surface area (Å²) in [6.07, 6.45) is 1.64. The number of carbonyl (C=O) groups excluding carboxylic acids is 2. The number of carboxylic acid groups (broad SMARTS) is 1. The quantitative estimate of drug-likeness (QED) is 0.562. The number of hydrogen-bond donors (Lipinski definition) is 3. The maximum absolute atomic E-state index is 13.1. The normalized spacial score (nSPS) is 18.7. The molecule has 0 unspecified atom stereocenters. The Labute approximate surface area is 186 Å². The number of nitrogens with one attached hydrogen (secondary N) is 1. The summed E-state index contributed by atoms with van der Waals surface area (Å²) in [4.78, 5) is 38.1. The summed E-state index contributed by atoms with van der Waals surface area (Å²) in [5.74, 6) is -3.49. The highest BCUT2D eigenvalue weighted by Crippen LogP contribution is 2.41. The largest absolute Gasteiger partial charge is 0.481 e. The minimum atomic E-state index is -0.985. The lowest BCUT2D eigenvalue weighted by molar-refractivity contribution is -0.146.